The minimum absolute atomic E-state index is 0.112. The Balaban J connectivity index is 2.88. The molecule has 2 aromatic carbocycles. The molecule has 0 aliphatic carbocycles. The van der Waals surface area contributed by atoms with E-state index in [1.807, 2.05) is 12.1 Å². The predicted octanol–water partition coefficient (Wildman–Crippen LogP) is 1.70. The number of hydrogen-bond donors (Lipinski definition) is 3. The first-order chi connectivity index (χ1) is 7.65. The molecule has 0 heterocycles. The van der Waals surface area contributed by atoms with Crippen LogP contribution >= 0.6 is 0 Å². The fourth-order valence-electron chi connectivity index (χ4n) is 1.77. The van der Waals surface area contributed by atoms with E-state index in [4.69, 9.17) is 10.8 Å². The van der Waals surface area contributed by atoms with Crippen LogP contribution in [0.25, 0.3) is 10.8 Å². The summed E-state index contributed by atoms with van der Waals surface area (Å²) >= 11 is 0. The van der Waals surface area contributed by atoms with Crippen molar-refractivity contribution < 1.29 is 15.0 Å². The standard InChI is InChI=1S/C12H11NO3/c13-6-7-5-10(12(15)16)11(14)9-4-2-1-3-8(7)9/h1-5,14H,6,13H2,(H,15,16). The highest BCUT2D eigenvalue weighted by Gasteiger charge is 2.15. The van der Waals surface area contributed by atoms with Crippen molar-refractivity contribution in [3.63, 3.8) is 0 Å². The quantitative estimate of drug-likeness (QED) is 0.714. The van der Waals surface area contributed by atoms with Gasteiger partial charge >= 0.3 is 5.97 Å². The Labute approximate surface area is 91.9 Å². The first-order valence-corrected chi connectivity index (χ1v) is 4.82. The zero-order chi connectivity index (χ0) is 11.7. The van der Waals surface area contributed by atoms with E-state index in [0.717, 1.165) is 5.39 Å². The van der Waals surface area contributed by atoms with Crippen LogP contribution in [0.4, 0.5) is 0 Å². The topological polar surface area (TPSA) is 83.6 Å². The zero-order valence-electron chi connectivity index (χ0n) is 8.47. The summed E-state index contributed by atoms with van der Waals surface area (Å²) in [7, 11) is 0. The lowest BCUT2D eigenvalue weighted by Crippen LogP contribution is -2.03. The van der Waals surface area contributed by atoms with Gasteiger partial charge in [0.15, 0.2) is 0 Å². The first kappa shape index (κ1) is 10.4. The van der Waals surface area contributed by atoms with Gasteiger partial charge in [0.05, 0.1) is 0 Å². The van der Waals surface area contributed by atoms with Gasteiger partial charge in [-0.25, -0.2) is 4.79 Å². The minimum Gasteiger partial charge on any atom is -0.506 e. The highest BCUT2D eigenvalue weighted by atomic mass is 16.4. The number of benzene rings is 2. The van der Waals surface area contributed by atoms with E-state index in [1.165, 1.54) is 6.07 Å². The number of phenols is 1. The van der Waals surface area contributed by atoms with Crippen molar-refractivity contribution in [2.24, 2.45) is 5.73 Å². The molecule has 0 aromatic heterocycles. The number of aromatic hydroxyl groups is 1. The summed E-state index contributed by atoms with van der Waals surface area (Å²) in [6.45, 7) is 0.237. The van der Waals surface area contributed by atoms with Gasteiger partial charge in [-0.05, 0) is 17.0 Å². The van der Waals surface area contributed by atoms with Crippen LogP contribution in [0.15, 0.2) is 30.3 Å². The Kier molecular flexibility index (Phi) is 2.50. The summed E-state index contributed by atoms with van der Waals surface area (Å²) in [5.41, 5.74) is 6.16. The summed E-state index contributed by atoms with van der Waals surface area (Å²) in [4.78, 5) is 10.9. The SMILES string of the molecule is NCc1cc(C(=O)O)c(O)c2ccccc12. The zero-order valence-corrected chi connectivity index (χ0v) is 8.47. The lowest BCUT2D eigenvalue weighted by atomic mass is 9.99. The summed E-state index contributed by atoms with van der Waals surface area (Å²) in [5.74, 6) is -1.36. The summed E-state index contributed by atoms with van der Waals surface area (Å²) in [5, 5.41) is 20.1. The van der Waals surface area contributed by atoms with Gasteiger partial charge in [-0.15, -0.1) is 0 Å². The summed E-state index contributed by atoms with van der Waals surface area (Å²) in [6, 6.07) is 8.47. The lowest BCUT2D eigenvalue weighted by Gasteiger charge is -2.09. The van der Waals surface area contributed by atoms with E-state index < -0.39 is 5.97 Å². The van der Waals surface area contributed by atoms with E-state index in [-0.39, 0.29) is 17.9 Å². The summed E-state index contributed by atoms with van der Waals surface area (Å²) in [6.07, 6.45) is 0. The third-order valence-electron chi connectivity index (χ3n) is 2.55. The number of hydrogen-bond acceptors (Lipinski definition) is 3. The van der Waals surface area contributed by atoms with Gasteiger partial charge in [0.1, 0.15) is 11.3 Å². The smallest absolute Gasteiger partial charge is 0.339 e. The van der Waals surface area contributed by atoms with Crippen molar-refractivity contribution in [3.05, 3.63) is 41.5 Å². The number of fused-ring (bicyclic) bond motifs is 1. The Bertz CT molecular complexity index is 563. The molecule has 4 heteroatoms. The molecule has 0 aliphatic rings. The molecular formula is C12H11NO3. The predicted molar refractivity (Wildman–Crippen MR) is 60.5 cm³/mol. The maximum atomic E-state index is 10.9. The van der Waals surface area contributed by atoms with Crippen molar-refractivity contribution >= 4 is 16.7 Å². The Hall–Kier alpha value is -2.07. The second-order valence-corrected chi connectivity index (χ2v) is 3.49. The fourth-order valence-corrected chi connectivity index (χ4v) is 1.77. The van der Waals surface area contributed by atoms with Crippen LogP contribution in [-0.4, -0.2) is 16.2 Å². The molecule has 0 saturated heterocycles. The van der Waals surface area contributed by atoms with E-state index in [2.05, 4.69) is 0 Å². The second kappa shape index (κ2) is 3.83. The third kappa shape index (κ3) is 1.49. The van der Waals surface area contributed by atoms with Crippen molar-refractivity contribution in [3.8, 4) is 5.75 Å². The van der Waals surface area contributed by atoms with Gasteiger partial charge in [-0.3, -0.25) is 0 Å². The molecule has 16 heavy (non-hydrogen) atoms. The molecule has 4 N–H and O–H groups in total. The Morgan fingerprint density at radius 2 is 1.88 bits per heavy atom. The molecule has 2 aromatic rings. The van der Waals surface area contributed by atoms with Crippen LogP contribution in [0.3, 0.4) is 0 Å². The van der Waals surface area contributed by atoms with Gasteiger partial charge < -0.3 is 15.9 Å². The molecule has 0 spiro atoms. The molecule has 82 valence electrons. The monoisotopic (exact) mass is 217 g/mol. The van der Waals surface area contributed by atoms with Gasteiger partial charge in [-0.2, -0.15) is 0 Å². The largest absolute Gasteiger partial charge is 0.506 e. The molecule has 0 radical (unpaired) electrons. The number of carboxylic acids is 1. The van der Waals surface area contributed by atoms with Gasteiger partial charge in [0, 0.05) is 11.9 Å². The molecule has 0 aliphatic heterocycles. The lowest BCUT2D eigenvalue weighted by molar-refractivity contribution is 0.0694. The highest BCUT2D eigenvalue weighted by molar-refractivity contribution is 6.01. The van der Waals surface area contributed by atoms with E-state index in [1.54, 1.807) is 12.1 Å². The summed E-state index contributed by atoms with van der Waals surface area (Å²) < 4.78 is 0. The highest BCUT2D eigenvalue weighted by Crippen LogP contribution is 2.31. The molecule has 0 fully saturated rings. The van der Waals surface area contributed by atoms with Crippen LogP contribution < -0.4 is 5.73 Å². The number of rotatable bonds is 2. The normalized spacial score (nSPS) is 10.6. The number of nitrogens with two attached hydrogens (primary N) is 1. The van der Waals surface area contributed by atoms with Crippen LogP contribution in [-0.2, 0) is 6.54 Å². The number of aromatic carboxylic acids is 1. The third-order valence-corrected chi connectivity index (χ3v) is 2.55. The van der Waals surface area contributed by atoms with Crippen LogP contribution in [0.5, 0.6) is 5.75 Å². The molecule has 2 rings (SSSR count). The maximum absolute atomic E-state index is 10.9. The van der Waals surface area contributed by atoms with Crippen LogP contribution in [0.1, 0.15) is 15.9 Å². The van der Waals surface area contributed by atoms with Crippen molar-refractivity contribution in [2.75, 3.05) is 0 Å². The van der Waals surface area contributed by atoms with E-state index >= 15 is 0 Å². The molecular weight excluding hydrogens is 206 g/mol. The molecule has 0 atom stereocenters. The molecule has 0 bridgehead atoms. The molecule has 0 saturated carbocycles. The Morgan fingerprint density at radius 1 is 1.25 bits per heavy atom. The van der Waals surface area contributed by atoms with Crippen molar-refractivity contribution in [2.45, 2.75) is 6.54 Å². The van der Waals surface area contributed by atoms with Crippen LogP contribution in [0, 0.1) is 0 Å². The average Bonchev–Trinajstić information content (AvgIpc) is 2.29. The number of carboxylic acid groups (broad SMARTS) is 1. The average molecular weight is 217 g/mol. The van der Waals surface area contributed by atoms with Gasteiger partial charge in [0.2, 0.25) is 0 Å². The minimum atomic E-state index is -1.15. The first-order valence-electron chi connectivity index (χ1n) is 4.82. The maximum Gasteiger partial charge on any atom is 0.339 e. The molecule has 4 nitrogen and oxygen atoms in total. The fraction of sp³-hybridized carbons (Fsp3) is 0.0833. The van der Waals surface area contributed by atoms with Crippen molar-refractivity contribution in [1.82, 2.24) is 0 Å². The van der Waals surface area contributed by atoms with Gasteiger partial charge in [0.25, 0.3) is 0 Å². The van der Waals surface area contributed by atoms with Gasteiger partial charge in [-0.1, -0.05) is 24.3 Å². The van der Waals surface area contributed by atoms with Crippen molar-refractivity contribution in [1.29, 1.82) is 0 Å². The van der Waals surface area contributed by atoms with E-state index in [9.17, 15) is 9.90 Å². The number of carbonyl (C=O) groups is 1. The molecule has 0 unspecified atom stereocenters. The van der Waals surface area contributed by atoms with E-state index in [0.29, 0.717) is 10.9 Å². The Morgan fingerprint density at radius 3 is 2.44 bits per heavy atom. The second-order valence-electron chi connectivity index (χ2n) is 3.49. The van der Waals surface area contributed by atoms with Crippen LogP contribution in [0.2, 0.25) is 0 Å². The molecule has 0 amide bonds.